The fraction of sp³-hybridized carbons (Fsp3) is 0.455. The van der Waals surface area contributed by atoms with Crippen molar-refractivity contribution in [1.82, 2.24) is 19.7 Å². The number of benzene rings is 1. The predicted octanol–water partition coefficient (Wildman–Crippen LogP) is 3.47. The number of carbonyl (C=O) groups excluding carboxylic acids is 1. The molecule has 172 valence electrons. The first kappa shape index (κ1) is 23.3. The molecule has 0 atom stereocenters. The van der Waals surface area contributed by atoms with E-state index in [0.717, 1.165) is 41.8 Å². The molecule has 0 unspecified atom stereocenters. The number of aromatic nitrogens is 4. The van der Waals surface area contributed by atoms with E-state index in [1.807, 2.05) is 36.7 Å². The first-order chi connectivity index (χ1) is 15.3. The van der Waals surface area contributed by atoms with Crippen LogP contribution in [0.15, 0.2) is 24.4 Å². The Morgan fingerprint density at radius 1 is 1.25 bits per heavy atom. The summed E-state index contributed by atoms with van der Waals surface area (Å²) in [6.45, 7) is 7.20. The van der Waals surface area contributed by atoms with Gasteiger partial charge in [-0.1, -0.05) is 19.4 Å². The Morgan fingerprint density at radius 2 is 2.03 bits per heavy atom. The number of amides is 1. The number of nitrogens with one attached hydrogen (secondary N) is 2. The molecule has 2 heterocycles. The van der Waals surface area contributed by atoms with Gasteiger partial charge in [0, 0.05) is 17.6 Å². The molecule has 0 radical (unpaired) electrons. The predicted molar refractivity (Wildman–Crippen MR) is 124 cm³/mol. The van der Waals surface area contributed by atoms with E-state index < -0.39 is 11.6 Å². The van der Waals surface area contributed by atoms with Gasteiger partial charge in [0.25, 0.3) is 0 Å². The summed E-state index contributed by atoms with van der Waals surface area (Å²) in [6.07, 6.45) is 3.02. The Hall–Kier alpha value is -3.40. The van der Waals surface area contributed by atoms with Crippen molar-refractivity contribution in [3.63, 3.8) is 0 Å². The normalized spacial score (nSPS) is 11.4. The quantitative estimate of drug-likeness (QED) is 0.431. The van der Waals surface area contributed by atoms with E-state index in [9.17, 15) is 4.79 Å². The van der Waals surface area contributed by atoms with Crippen LogP contribution in [0.4, 0.5) is 16.6 Å². The van der Waals surface area contributed by atoms with Gasteiger partial charge < -0.3 is 20.5 Å². The average Bonchev–Trinajstić information content (AvgIpc) is 3.15. The van der Waals surface area contributed by atoms with Gasteiger partial charge in [-0.3, -0.25) is 10.00 Å². The summed E-state index contributed by atoms with van der Waals surface area (Å²) in [6, 6.07) is 5.92. The minimum atomic E-state index is -0.637. The van der Waals surface area contributed by atoms with Gasteiger partial charge in [0.15, 0.2) is 5.82 Å². The van der Waals surface area contributed by atoms with E-state index in [0.29, 0.717) is 17.9 Å². The first-order valence-corrected chi connectivity index (χ1v) is 10.6. The van der Waals surface area contributed by atoms with Crippen molar-refractivity contribution >= 4 is 28.9 Å². The SMILES string of the molecule is CCCCNc1nc(NC(=O)OC)nc2cnn(Cc3cc(C(C)(C)N)ccc3OC)c12. The molecular formula is C22H31N7O3. The molecule has 0 saturated carbocycles. The summed E-state index contributed by atoms with van der Waals surface area (Å²) in [5.74, 6) is 1.47. The van der Waals surface area contributed by atoms with Crippen LogP contribution in [0.3, 0.4) is 0 Å². The fourth-order valence-electron chi connectivity index (χ4n) is 3.29. The molecule has 0 saturated heterocycles. The zero-order valence-electron chi connectivity index (χ0n) is 19.2. The lowest BCUT2D eigenvalue weighted by Crippen LogP contribution is -2.28. The number of anilines is 2. The first-order valence-electron chi connectivity index (χ1n) is 10.6. The molecule has 10 heteroatoms. The standard InChI is InChI=1S/C22H31N7O3/c1-6-7-10-24-19-18-16(26-20(27-19)28-21(30)32-5)12-25-29(18)13-14-11-15(22(2,3)23)8-9-17(14)31-4/h8-9,11-12H,6-7,10,13,23H2,1-5H3,(H2,24,26,27,28,30). The number of hydrogen-bond acceptors (Lipinski definition) is 8. The van der Waals surface area contributed by atoms with Crippen molar-refractivity contribution < 1.29 is 14.3 Å². The third-order valence-electron chi connectivity index (χ3n) is 5.06. The number of carbonyl (C=O) groups is 1. The lowest BCUT2D eigenvalue weighted by molar-refractivity contribution is 0.186. The van der Waals surface area contributed by atoms with Crippen LogP contribution in [0.5, 0.6) is 5.75 Å². The van der Waals surface area contributed by atoms with Gasteiger partial charge in [0.05, 0.1) is 27.0 Å². The number of nitrogens with zero attached hydrogens (tertiary/aromatic N) is 4. The maximum atomic E-state index is 11.6. The third kappa shape index (κ3) is 5.25. The molecule has 4 N–H and O–H groups in total. The van der Waals surface area contributed by atoms with Gasteiger partial charge in [0.2, 0.25) is 5.95 Å². The summed E-state index contributed by atoms with van der Waals surface area (Å²) in [4.78, 5) is 20.5. The van der Waals surface area contributed by atoms with Gasteiger partial charge in [-0.25, -0.2) is 9.78 Å². The highest BCUT2D eigenvalue weighted by Gasteiger charge is 2.19. The molecule has 3 aromatic rings. The smallest absolute Gasteiger partial charge is 0.413 e. The maximum absolute atomic E-state index is 11.6. The van der Waals surface area contributed by atoms with E-state index in [-0.39, 0.29) is 5.95 Å². The van der Waals surface area contributed by atoms with Crippen LogP contribution in [0.25, 0.3) is 11.0 Å². The second-order valence-electron chi connectivity index (χ2n) is 8.08. The van der Waals surface area contributed by atoms with Crippen molar-refractivity contribution in [3.05, 3.63) is 35.5 Å². The maximum Gasteiger partial charge on any atom is 0.413 e. The minimum Gasteiger partial charge on any atom is -0.496 e. The number of ether oxygens (including phenoxy) is 2. The molecule has 32 heavy (non-hydrogen) atoms. The largest absolute Gasteiger partial charge is 0.496 e. The third-order valence-corrected chi connectivity index (χ3v) is 5.06. The van der Waals surface area contributed by atoms with Crippen LogP contribution < -0.4 is 21.1 Å². The van der Waals surface area contributed by atoms with E-state index in [2.05, 4.69) is 37.4 Å². The van der Waals surface area contributed by atoms with Gasteiger partial charge in [-0.05, 0) is 38.0 Å². The van der Waals surface area contributed by atoms with Crippen molar-refractivity contribution in [2.24, 2.45) is 5.73 Å². The van der Waals surface area contributed by atoms with E-state index >= 15 is 0 Å². The Balaban J connectivity index is 2.04. The van der Waals surface area contributed by atoms with Crippen molar-refractivity contribution in [3.8, 4) is 5.75 Å². The molecule has 0 spiro atoms. The highest BCUT2D eigenvalue weighted by Crippen LogP contribution is 2.28. The number of hydrogen-bond donors (Lipinski definition) is 3. The van der Waals surface area contributed by atoms with Crippen molar-refractivity contribution in [1.29, 1.82) is 0 Å². The molecule has 0 aliphatic rings. The van der Waals surface area contributed by atoms with Crippen LogP contribution in [-0.2, 0) is 16.8 Å². The summed E-state index contributed by atoms with van der Waals surface area (Å²) in [5, 5.41) is 10.4. The van der Waals surface area contributed by atoms with E-state index in [4.69, 9.17) is 10.5 Å². The van der Waals surface area contributed by atoms with Gasteiger partial charge >= 0.3 is 6.09 Å². The minimum absolute atomic E-state index is 0.146. The van der Waals surface area contributed by atoms with E-state index in [1.165, 1.54) is 7.11 Å². The number of unbranched alkanes of at least 4 members (excludes halogenated alkanes) is 1. The average molecular weight is 442 g/mol. The van der Waals surface area contributed by atoms with Crippen LogP contribution in [0.2, 0.25) is 0 Å². The molecule has 0 aliphatic carbocycles. The van der Waals surface area contributed by atoms with Gasteiger partial charge in [0.1, 0.15) is 16.8 Å². The van der Waals surface area contributed by atoms with Crippen LogP contribution >= 0.6 is 0 Å². The Labute approximate surface area is 187 Å². The fourth-order valence-corrected chi connectivity index (χ4v) is 3.29. The second kappa shape index (κ2) is 9.82. The molecular weight excluding hydrogens is 410 g/mol. The molecule has 3 rings (SSSR count). The Kier molecular flexibility index (Phi) is 7.14. The summed E-state index contributed by atoms with van der Waals surface area (Å²) < 4.78 is 12.0. The zero-order valence-corrected chi connectivity index (χ0v) is 19.2. The van der Waals surface area contributed by atoms with Crippen molar-refractivity contribution in [2.75, 3.05) is 31.4 Å². The Bertz CT molecular complexity index is 1090. The molecule has 2 aromatic heterocycles. The summed E-state index contributed by atoms with van der Waals surface area (Å²) in [7, 11) is 2.93. The second-order valence-corrected chi connectivity index (χ2v) is 8.08. The van der Waals surface area contributed by atoms with Crippen LogP contribution in [0.1, 0.15) is 44.7 Å². The lowest BCUT2D eigenvalue weighted by atomic mass is 9.93. The number of nitrogens with two attached hydrogens (primary N) is 1. The number of fused-ring (bicyclic) bond motifs is 1. The lowest BCUT2D eigenvalue weighted by Gasteiger charge is -2.21. The van der Waals surface area contributed by atoms with E-state index in [1.54, 1.807) is 13.3 Å². The monoisotopic (exact) mass is 441 g/mol. The molecule has 1 amide bonds. The van der Waals surface area contributed by atoms with Gasteiger partial charge in [-0.2, -0.15) is 10.1 Å². The van der Waals surface area contributed by atoms with Crippen molar-refractivity contribution in [2.45, 2.75) is 45.7 Å². The number of methoxy groups -OCH3 is 2. The molecule has 10 nitrogen and oxygen atoms in total. The Morgan fingerprint density at radius 3 is 2.69 bits per heavy atom. The molecule has 0 fully saturated rings. The highest BCUT2D eigenvalue weighted by molar-refractivity contribution is 5.89. The highest BCUT2D eigenvalue weighted by atomic mass is 16.5. The topological polar surface area (TPSA) is 129 Å². The van der Waals surface area contributed by atoms with Gasteiger partial charge in [-0.15, -0.1) is 0 Å². The summed E-state index contributed by atoms with van der Waals surface area (Å²) in [5.41, 5.74) is 9.07. The molecule has 0 bridgehead atoms. The zero-order chi connectivity index (χ0) is 23.3. The molecule has 1 aromatic carbocycles. The van der Waals surface area contributed by atoms with Crippen LogP contribution in [-0.4, -0.2) is 46.6 Å². The molecule has 0 aliphatic heterocycles. The van der Waals surface area contributed by atoms with Crippen LogP contribution in [0, 0.1) is 0 Å². The summed E-state index contributed by atoms with van der Waals surface area (Å²) >= 11 is 0. The number of rotatable bonds is 9.